The van der Waals surface area contributed by atoms with E-state index in [4.69, 9.17) is 0 Å². The first kappa shape index (κ1) is 18.5. The Bertz CT molecular complexity index is 531. The van der Waals surface area contributed by atoms with Gasteiger partial charge in [0.25, 0.3) is 0 Å². The summed E-state index contributed by atoms with van der Waals surface area (Å²) in [6.07, 6.45) is 4.20. The molecule has 1 aromatic carbocycles. The monoisotopic (exact) mass is 331 g/mol. The van der Waals surface area contributed by atoms with Crippen molar-refractivity contribution in [2.75, 3.05) is 33.7 Å². The van der Waals surface area contributed by atoms with Gasteiger partial charge in [-0.05, 0) is 37.8 Å². The van der Waals surface area contributed by atoms with Crippen LogP contribution in [0.25, 0.3) is 0 Å². The summed E-state index contributed by atoms with van der Waals surface area (Å²) in [6.45, 7) is 2.52. The van der Waals surface area contributed by atoms with E-state index in [-0.39, 0.29) is 17.9 Å². The average Bonchev–Trinajstić information content (AvgIpc) is 3.05. The largest absolute Gasteiger partial charge is 0.356 e. The molecule has 2 rings (SSSR count). The van der Waals surface area contributed by atoms with E-state index in [1.165, 1.54) is 5.56 Å². The molecule has 1 atom stereocenters. The number of nitrogens with one attached hydrogen (secondary N) is 1. The van der Waals surface area contributed by atoms with Crippen LogP contribution >= 0.6 is 0 Å². The summed E-state index contributed by atoms with van der Waals surface area (Å²) in [5, 5.41) is 2.98. The number of hydrogen-bond donors (Lipinski definition) is 1. The smallest absolute Gasteiger partial charge is 0.239 e. The molecule has 0 saturated carbocycles. The van der Waals surface area contributed by atoms with Gasteiger partial charge in [0, 0.05) is 33.6 Å². The summed E-state index contributed by atoms with van der Waals surface area (Å²) in [4.78, 5) is 27.9. The van der Waals surface area contributed by atoms with Crippen LogP contribution in [0.15, 0.2) is 30.3 Å². The number of hydrogen-bond acceptors (Lipinski definition) is 3. The minimum atomic E-state index is 0.0220. The molecule has 1 aromatic rings. The first-order valence-electron chi connectivity index (χ1n) is 8.84. The fourth-order valence-electron chi connectivity index (χ4n) is 3.17. The van der Waals surface area contributed by atoms with Crippen molar-refractivity contribution in [2.45, 2.75) is 38.1 Å². The van der Waals surface area contributed by atoms with Crippen LogP contribution in [0, 0.1) is 0 Å². The lowest BCUT2D eigenvalue weighted by molar-refractivity contribution is -0.133. The molecule has 0 radical (unpaired) electrons. The Morgan fingerprint density at radius 2 is 2.00 bits per heavy atom. The Morgan fingerprint density at radius 3 is 2.71 bits per heavy atom. The zero-order valence-electron chi connectivity index (χ0n) is 14.8. The normalized spacial score (nSPS) is 17.7. The second kappa shape index (κ2) is 9.42. The highest BCUT2D eigenvalue weighted by atomic mass is 16.2. The van der Waals surface area contributed by atoms with Gasteiger partial charge in [0.1, 0.15) is 0 Å². The zero-order valence-corrected chi connectivity index (χ0v) is 14.8. The van der Waals surface area contributed by atoms with Crippen molar-refractivity contribution in [1.29, 1.82) is 0 Å². The van der Waals surface area contributed by atoms with E-state index in [1.807, 2.05) is 44.4 Å². The predicted molar refractivity (Wildman–Crippen MR) is 95.7 cm³/mol. The van der Waals surface area contributed by atoms with Gasteiger partial charge in [0.15, 0.2) is 0 Å². The van der Waals surface area contributed by atoms with E-state index >= 15 is 0 Å². The molecule has 1 heterocycles. The van der Waals surface area contributed by atoms with E-state index in [1.54, 1.807) is 4.90 Å². The number of carbonyl (C=O) groups excluding carboxylic acids is 2. The van der Waals surface area contributed by atoms with Crippen LogP contribution in [0.1, 0.15) is 31.2 Å². The molecule has 132 valence electrons. The predicted octanol–water partition coefficient (Wildman–Crippen LogP) is 1.68. The van der Waals surface area contributed by atoms with Gasteiger partial charge in [-0.2, -0.15) is 0 Å². The van der Waals surface area contributed by atoms with E-state index < -0.39 is 0 Å². The lowest BCUT2D eigenvalue weighted by atomic mass is 10.1. The third kappa shape index (κ3) is 5.64. The molecular weight excluding hydrogens is 302 g/mol. The number of aryl methyl sites for hydroxylation is 1. The fraction of sp³-hybridized carbons (Fsp3) is 0.579. The van der Waals surface area contributed by atoms with Gasteiger partial charge in [-0.15, -0.1) is 0 Å². The molecule has 0 spiro atoms. The van der Waals surface area contributed by atoms with E-state index in [0.717, 1.165) is 38.8 Å². The summed E-state index contributed by atoms with van der Waals surface area (Å²) in [5.74, 6) is 0.292. The lowest BCUT2D eigenvalue weighted by Gasteiger charge is -2.26. The topological polar surface area (TPSA) is 52.7 Å². The van der Waals surface area contributed by atoms with Crippen molar-refractivity contribution < 1.29 is 9.59 Å². The molecule has 5 heteroatoms. The number of carbonyl (C=O) groups is 2. The van der Waals surface area contributed by atoms with Gasteiger partial charge in [-0.3, -0.25) is 14.5 Å². The standard InChI is InChI=1S/C19H29N3O2/c1-21(2)19(24)17-10-6-14-22(17)15-7-13-20-18(23)12-11-16-8-4-3-5-9-16/h3-5,8-9,17H,6-7,10-15H2,1-2H3,(H,20,23)/t17-/m0/s1. The number of rotatable bonds is 8. The lowest BCUT2D eigenvalue weighted by Crippen LogP contribution is -2.43. The van der Waals surface area contributed by atoms with Gasteiger partial charge in [0.05, 0.1) is 6.04 Å². The number of benzene rings is 1. The summed E-state index contributed by atoms with van der Waals surface area (Å²) in [6, 6.07) is 10.1. The summed E-state index contributed by atoms with van der Waals surface area (Å²) in [5.41, 5.74) is 1.19. The van der Waals surface area contributed by atoms with Gasteiger partial charge in [-0.25, -0.2) is 0 Å². The van der Waals surface area contributed by atoms with Crippen molar-refractivity contribution in [3.63, 3.8) is 0 Å². The molecule has 1 saturated heterocycles. The van der Waals surface area contributed by atoms with Crippen LogP contribution < -0.4 is 5.32 Å². The molecule has 0 unspecified atom stereocenters. The fourth-order valence-corrected chi connectivity index (χ4v) is 3.17. The third-order valence-corrected chi connectivity index (χ3v) is 4.52. The molecular formula is C19H29N3O2. The summed E-state index contributed by atoms with van der Waals surface area (Å²) < 4.78 is 0. The highest BCUT2D eigenvalue weighted by Crippen LogP contribution is 2.18. The van der Waals surface area contributed by atoms with Crippen molar-refractivity contribution >= 4 is 11.8 Å². The van der Waals surface area contributed by atoms with Crippen LogP contribution in [-0.2, 0) is 16.0 Å². The maximum Gasteiger partial charge on any atom is 0.239 e. The summed E-state index contributed by atoms with van der Waals surface area (Å²) >= 11 is 0. The highest BCUT2D eigenvalue weighted by Gasteiger charge is 2.30. The first-order valence-corrected chi connectivity index (χ1v) is 8.84. The van der Waals surface area contributed by atoms with E-state index in [0.29, 0.717) is 13.0 Å². The van der Waals surface area contributed by atoms with Crippen LogP contribution in [0.3, 0.4) is 0 Å². The second-order valence-electron chi connectivity index (χ2n) is 6.62. The Morgan fingerprint density at radius 1 is 1.25 bits per heavy atom. The van der Waals surface area contributed by atoms with Crippen LogP contribution in [-0.4, -0.2) is 61.4 Å². The quantitative estimate of drug-likeness (QED) is 0.738. The molecule has 24 heavy (non-hydrogen) atoms. The minimum absolute atomic E-state index is 0.0220. The van der Waals surface area contributed by atoms with Gasteiger partial charge < -0.3 is 10.2 Å². The maximum absolute atomic E-state index is 12.1. The first-order chi connectivity index (χ1) is 11.6. The molecule has 1 aliphatic heterocycles. The van der Waals surface area contributed by atoms with Crippen molar-refractivity contribution in [2.24, 2.45) is 0 Å². The second-order valence-corrected chi connectivity index (χ2v) is 6.62. The zero-order chi connectivity index (χ0) is 17.4. The van der Waals surface area contributed by atoms with Gasteiger partial charge >= 0.3 is 0 Å². The van der Waals surface area contributed by atoms with Crippen LogP contribution in [0.5, 0.6) is 0 Å². The van der Waals surface area contributed by atoms with Crippen LogP contribution in [0.2, 0.25) is 0 Å². The molecule has 5 nitrogen and oxygen atoms in total. The van der Waals surface area contributed by atoms with Crippen molar-refractivity contribution in [3.05, 3.63) is 35.9 Å². The average molecular weight is 331 g/mol. The number of nitrogens with zero attached hydrogens (tertiary/aromatic N) is 2. The van der Waals surface area contributed by atoms with E-state index in [9.17, 15) is 9.59 Å². The highest BCUT2D eigenvalue weighted by molar-refractivity contribution is 5.81. The van der Waals surface area contributed by atoms with Gasteiger partial charge in [0.2, 0.25) is 11.8 Å². The van der Waals surface area contributed by atoms with E-state index in [2.05, 4.69) is 10.2 Å². The molecule has 1 fully saturated rings. The molecule has 2 amide bonds. The number of amides is 2. The minimum Gasteiger partial charge on any atom is -0.356 e. The summed E-state index contributed by atoms with van der Waals surface area (Å²) in [7, 11) is 3.62. The number of likely N-dealkylation sites (N-methyl/N-ethyl adjacent to an activating group) is 1. The molecule has 1 aliphatic rings. The van der Waals surface area contributed by atoms with Crippen molar-refractivity contribution in [1.82, 2.24) is 15.1 Å². The van der Waals surface area contributed by atoms with Crippen molar-refractivity contribution in [3.8, 4) is 0 Å². The molecule has 1 N–H and O–H groups in total. The Kier molecular flexibility index (Phi) is 7.25. The van der Waals surface area contributed by atoms with Crippen LogP contribution in [0.4, 0.5) is 0 Å². The van der Waals surface area contributed by atoms with Gasteiger partial charge in [-0.1, -0.05) is 30.3 Å². The SMILES string of the molecule is CN(C)C(=O)[C@@H]1CCCN1CCCNC(=O)CCc1ccccc1. The molecule has 0 aliphatic carbocycles. The Hall–Kier alpha value is -1.88. The maximum atomic E-state index is 12.1. The Labute approximate surface area is 145 Å². The molecule has 0 aromatic heterocycles. The molecule has 0 bridgehead atoms. The number of likely N-dealkylation sites (tertiary alicyclic amines) is 1. The third-order valence-electron chi connectivity index (χ3n) is 4.52. The Balaban J connectivity index is 1.62.